The third kappa shape index (κ3) is 3.87. The molecule has 8 nitrogen and oxygen atoms in total. The number of aromatic hydroxyl groups is 1. The van der Waals surface area contributed by atoms with E-state index in [4.69, 9.17) is 4.42 Å². The minimum absolute atomic E-state index is 0.105. The van der Waals surface area contributed by atoms with Gasteiger partial charge in [0.25, 0.3) is 5.82 Å². The molecule has 3 heterocycles. The first-order valence-corrected chi connectivity index (χ1v) is 12.1. The lowest BCUT2D eigenvalue weighted by Crippen LogP contribution is -3.27. The van der Waals surface area contributed by atoms with Crippen molar-refractivity contribution in [2.75, 3.05) is 39.3 Å². The van der Waals surface area contributed by atoms with Gasteiger partial charge in [-0.25, -0.2) is 9.55 Å². The van der Waals surface area contributed by atoms with E-state index in [-0.39, 0.29) is 17.8 Å². The van der Waals surface area contributed by atoms with Crippen LogP contribution in [0.1, 0.15) is 18.1 Å². The Labute approximate surface area is 197 Å². The van der Waals surface area contributed by atoms with Gasteiger partial charge in [-0.05, 0) is 30.2 Å². The molecule has 5 N–H and O–H groups in total. The number of benzene rings is 2. The maximum atomic E-state index is 13.7. The minimum atomic E-state index is -0.105. The fourth-order valence-electron chi connectivity index (χ4n) is 5.23. The number of nitrogens with one attached hydrogen (secondary N) is 3. The number of para-hydroxylation sites is 2. The number of aryl methyl sites for hydroxylation is 2. The molecule has 4 aromatic rings. The number of aromatic nitrogens is 2. The van der Waals surface area contributed by atoms with Crippen LogP contribution in [-0.4, -0.2) is 54.5 Å². The maximum Gasteiger partial charge on any atom is 0.294 e. The van der Waals surface area contributed by atoms with Gasteiger partial charge in [-0.3, -0.25) is 4.79 Å². The number of quaternary nitrogens is 2. The second-order valence-corrected chi connectivity index (χ2v) is 9.27. The molecule has 0 aliphatic carbocycles. The second-order valence-electron chi connectivity index (χ2n) is 9.27. The van der Waals surface area contributed by atoms with Crippen LogP contribution in [0.4, 0.5) is 0 Å². The van der Waals surface area contributed by atoms with Gasteiger partial charge in [-0.1, -0.05) is 19.1 Å². The van der Waals surface area contributed by atoms with Crippen LogP contribution in [0.25, 0.3) is 33.4 Å². The molecule has 2 aromatic heterocycles. The highest BCUT2D eigenvalue weighted by molar-refractivity contribution is 5.86. The molecule has 178 valence electrons. The molecule has 0 amide bonds. The molecule has 8 heteroatoms. The zero-order valence-corrected chi connectivity index (χ0v) is 19.8. The van der Waals surface area contributed by atoms with E-state index >= 15 is 0 Å². The topological polar surface area (TPSA) is 99.2 Å². The summed E-state index contributed by atoms with van der Waals surface area (Å²) in [5, 5.41) is 20.8. The van der Waals surface area contributed by atoms with E-state index in [0.717, 1.165) is 49.3 Å². The first kappa shape index (κ1) is 22.6. The van der Waals surface area contributed by atoms with Crippen molar-refractivity contribution in [2.45, 2.75) is 19.9 Å². The van der Waals surface area contributed by atoms with Crippen LogP contribution in [0.2, 0.25) is 0 Å². The normalized spacial score (nSPS) is 18.7. The lowest BCUT2D eigenvalue weighted by Gasteiger charge is -2.29. The summed E-state index contributed by atoms with van der Waals surface area (Å²) in [7, 11) is 1.93. The summed E-state index contributed by atoms with van der Waals surface area (Å²) >= 11 is 0. The number of aliphatic hydroxyl groups excluding tert-OH is 1. The predicted octanol–water partition coefficient (Wildman–Crippen LogP) is -0.690. The van der Waals surface area contributed by atoms with Gasteiger partial charge in [-0.15, -0.1) is 0 Å². The highest BCUT2D eigenvalue weighted by Crippen LogP contribution is 2.31. The van der Waals surface area contributed by atoms with Crippen LogP contribution in [-0.2, 0) is 20.0 Å². The molecular formula is C26H33N4O4+3. The average Bonchev–Trinajstić information content (AvgIpc) is 3.18. The molecule has 0 spiro atoms. The monoisotopic (exact) mass is 465 g/mol. The number of phenols is 1. The van der Waals surface area contributed by atoms with E-state index in [1.807, 2.05) is 42.8 Å². The van der Waals surface area contributed by atoms with Gasteiger partial charge in [0.05, 0.1) is 24.6 Å². The standard InChI is InChI=1S/C26H30N4O4/c1-3-17-14-18-24(33)20(26-27-21-6-4-5-7-22(21)28(26)2)16-34-25(18)19(23(17)32)15-30-10-8-29(9-11-30)12-13-31/h4-7,14,16,31H,3,8-13,15H2,1-2H3,(H,32,33)/p+3. The van der Waals surface area contributed by atoms with E-state index in [1.165, 1.54) is 16.1 Å². The zero-order valence-electron chi connectivity index (χ0n) is 19.8. The largest absolute Gasteiger partial charge is 0.507 e. The van der Waals surface area contributed by atoms with Crippen molar-refractivity contribution in [3.8, 4) is 17.1 Å². The Morgan fingerprint density at radius 3 is 2.59 bits per heavy atom. The summed E-state index contributed by atoms with van der Waals surface area (Å²) in [6.45, 7) is 7.41. The third-order valence-electron chi connectivity index (χ3n) is 7.26. The van der Waals surface area contributed by atoms with E-state index in [9.17, 15) is 15.0 Å². The maximum absolute atomic E-state index is 13.7. The molecule has 2 aromatic carbocycles. The lowest BCUT2D eigenvalue weighted by molar-refractivity contribution is -1.02. The van der Waals surface area contributed by atoms with Gasteiger partial charge < -0.3 is 24.4 Å². The number of aliphatic hydroxyl groups is 1. The summed E-state index contributed by atoms with van der Waals surface area (Å²) in [5.41, 5.74) is 4.26. The number of aromatic amines is 1. The molecule has 0 unspecified atom stereocenters. The molecule has 1 fully saturated rings. The highest BCUT2D eigenvalue weighted by atomic mass is 16.3. The van der Waals surface area contributed by atoms with Crippen molar-refractivity contribution in [3.63, 3.8) is 0 Å². The van der Waals surface area contributed by atoms with Gasteiger partial charge in [0, 0.05) is 0 Å². The average molecular weight is 466 g/mol. The Hall–Kier alpha value is -3.20. The molecule has 1 aliphatic heterocycles. The summed E-state index contributed by atoms with van der Waals surface area (Å²) in [5.74, 6) is 0.929. The number of fused-ring (bicyclic) bond motifs is 2. The number of rotatable bonds is 6. The molecule has 0 atom stereocenters. The molecule has 1 aliphatic rings. The number of phenolic OH excluding ortho intramolecular Hbond substituents is 1. The molecule has 5 rings (SSSR count). The number of nitrogens with zero attached hydrogens (tertiary/aromatic N) is 1. The summed E-state index contributed by atoms with van der Waals surface area (Å²) in [4.78, 5) is 19.8. The third-order valence-corrected chi connectivity index (χ3v) is 7.26. The summed E-state index contributed by atoms with van der Waals surface area (Å²) in [6, 6.07) is 9.71. The van der Waals surface area contributed by atoms with Crippen LogP contribution in [0.3, 0.4) is 0 Å². The molecule has 0 bridgehead atoms. The number of H-pyrrole nitrogens is 1. The van der Waals surface area contributed by atoms with Crippen molar-refractivity contribution < 1.29 is 29.0 Å². The van der Waals surface area contributed by atoms with Crippen LogP contribution < -0.4 is 19.8 Å². The van der Waals surface area contributed by atoms with Crippen LogP contribution in [0, 0.1) is 0 Å². The van der Waals surface area contributed by atoms with Crippen molar-refractivity contribution in [1.82, 2.24) is 4.98 Å². The van der Waals surface area contributed by atoms with Crippen LogP contribution in [0.5, 0.6) is 5.75 Å². The Balaban J connectivity index is 1.58. The highest BCUT2D eigenvalue weighted by Gasteiger charge is 2.28. The number of hydrogen-bond acceptors (Lipinski definition) is 4. The smallest absolute Gasteiger partial charge is 0.294 e. The van der Waals surface area contributed by atoms with E-state index < -0.39 is 0 Å². The minimum Gasteiger partial charge on any atom is -0.507 e. The fraction of sp³-hybridized carbons (Fsp3) is 0.385. The molecule has 0 radical (unpaired) electrons. The quantitative estimate of drug-likeness (QED) is 0.244. The van der Waals surface area contributed by atoms with Crippen molar-refractivity contribution in [1.29, 1.82) is 0 Å². The SMILES string of the molecule is CCc1cc2c(=O)c(-c3[nH]c4ccccc4[n+]3C)coc2c(C[NH+]2CC[NH+](CCO)CC2)c1O. The number of piperazine rings is 1. The Morgan fingerprint density at radius 1 is 1.15 bits per heavy atom. The second kappa shape index (κ2) is 9.21. The molecule has 1 saturated heterocycles. The van der Waals surface area contributed by atoms with Gasteiger partial charge in [0.2, 0.25) is 5.43 Å². The first-order valence-electron chi connectivity index (χ1n) is 12.1. The van der Waals surface area contributed by atoms with Gasteiger partial charge >= 0.3 is 0 Å². The zero-order chi connectivity index (χ0) is 23.8. The van der Waals surface area contributed by atoms with Crippen molar-refractivity contribution >= 4 is 22.0 Å². The summed E-state index contributed by atoms with van der Waals surface area (Å²) < 4.78 is 8.06. The first-order chi connectivity index (χ1) is 16.5. The van der Waals surface area contributed by atoms with Crippen molar-refractivity contribution in [3.05, 3.63) is 57.9 Å². The number of hydrogen-bond donors (Lipinski definition) is 5. The number of imidazole rings is 1. The van der Waals surface area contributed by atoms with Gasteiger partial charge in [-0.2, -0.15) is 0 Å². The van der Waals surface area contributed by atoms with Crippen LogP contribution >= 0.6 is 0 Å². The van der Waals surface area contributed by atoms with E-state index in [1.54, 1.807) is 6.07 Å². The Bertz CT molecular complexity index is 1400. The molecule has 34 heavy (non-hydrogen) atoms. The predicted molar refractivity (Wildman–Crippen MR) is 129 cm³/mol. The van der Waals surface area contributed by atoms with Gasteiger partial charge in [0.15, 0.2) is 11.0 Å². The van der Waals surface area contributed by atoms with Crippen molar-refractivity contribution in [2.24, 2.45) is 7.05 Å². The van der Waals surface area contributed by atoms with Crippen LogP contribution in [0.15, 0.2) is 45.8 Å². The van der Waals surface area contributed by atoms with Gasteiger partial charge in [0.1, 0.15) is 62.4 Å². The van der Waals surface area contributed by atoms with E-state index in [0.29, 0.717) is 40.9 Å². The molecule has 0 saturated carbocycles. The molecular weight excluding hydrogens is 432 g/mol. The Kier molecular flexibility index (Phi) is 6.12. The van der Waals surface area contributed by atoms with E-state index in [2.05, 4.69) is 4.98 Å². The fourth-order valence-corrected chi connectivity index (χ4v) is 5.23. The summed E-state index contributed by atoms with van der Waals surface area (Å²) in [6.07, 6.45) is 2.14. The lowest BCUT2D eigenvalue weighted by atomic mass is 10.0. The Morgan fingerprint density at radius 2 is 1.88 bits per heavy atom.